The molecule has 0 radical (unpaired) electrons. The van der Waals surface area contributed by atoms with Crippen LogP contribution in [0.2, 0.25) is 0 Å². The Hall–Kier alpha value is -2.43. The van der Waals surface area contributed by atoms with E-state index in [0.29, 0.717) is 13.0 Å². The monoisotopic (exact) mass is 432 g/mol. The van der Waals surface area contributed by atoms with Gasteiger partial charge < -0.3 is 15.2 Å². The quantitative estimate of drug-likeness (QED) is 0.742. The maximum atomic E-state index is 13.3. The summed E-state index contributed by atoms with van der Waals surface area (Å²) in [5.74, 6) is -0.157. The first-order chi connectivity index (χ1) is 15.1. The summed E-state index contributed by atoms with van der Waals surface area (Å²) in [4.78, 5) is 15.1. The summed E-state index contributed by atoms with van der Waals surface area (Å²) in [6.07, 6.45) is 5.79. The van der Waals surface area contributed by atoms with Crippen LogP contribution in [-0.4, -0.2) is 35.5 Å². The molecule has 2 aromatic rings. The molecule has 2 unspecified atom stereocenters. The van der Waals surface area contributed by atoms with Crippen LogP contribution < -0.4 is 5.06 Å². The minimum atomic E-state index is -0.605. The number of nitrogens with one attached hydrogen (secondary N) is 1. The summed E-state index contributed by atoms with van der Waals surface area (Å²) in [6, 6.07) is 17.3. The lowest BCUT2D eigenvalue weighted by molar-refractivity contribution is -0.933. The number of amides is 1. The maximum absolute atomic E-state index is 13.3. The molecule has 1 amide bonds. The normalized spacial score (nSPS) is 23.1. The third kappa shape index (κ3) is 4.02. The smallest absolute Gasteiger partial charge is 0.232 e. The maximum Gasteiger partial charge on any atom is 0.232 e. The zero-order valence-corrected chi connectivity index (χ0v) is 20.1. The number of carbonyl (C=O) groups is 1. The zero-order valence-electron chi connectivity index (χ0n) is 20.1. The van der Waals surface area contributed by atoms with Crippen LogP contribution in [0.5, 0.6) is 0 Å². The van der Waals surface area contributed by atoms with Crippen LogP contribution in [0.25, 0.3) is 5.57 Å². The third-order valence-corrected chi connectivity index (χ3v) is 7.55. The van der Waals surface area contributed by atoms with Gasteiger partial charge in [0.25, 0.3) is 0 Å². The number of nitrogens with zero attached hydrogens (tertiary/aromatic N) is 1. The average Bonchev–Trinajstić information content (AvgIpc) is 2.88. The van der Waals surface area contributed by atoms with Crippen molar-refractivity contribution in [1.82, 2.24) is 4.90 Å². The Bertz CT molecular complexity index is 988. The molecule has 170 valence electrons. The molecule has 0 aromatic heterocycles. The molecule has 2 atom stereocenters. The van der Waals surface area contributed by atoms with Crippen LogP contribution in [-0.2, 0) is 17.6 Å². The molecule has 1 heterocycles. The van der Waals surface area contributed by atoms with E-state index in [1.807, 2.05) is 39.6 Å². The van der Waals surface area contributed by atoms with Crippen molar-refractivity contribution in [3.8, 4) is 0 Å². The number of aryl methyl sites for hydroxylation is 2. The van der Waals surface area contributed by atoms with Gasteiger partial charge in [-0.2, -0.15) is 0 Å². The highest BCUT2D eigenvalue weighted by atomic mass is 16.5. The summed E-state index contributed by atoms with van der Waals surface area (Å²) in [5.41, 5.74) is 5.60. The lowest BCUT2D eigenvalue weighted by atomic mass is 9.86. The standard InChI is InChI=1S/C28H36N2O2/c1-27(2)19-25(28(3,4)30(27)32)26(31)29(5)18-10-15-24-22-13-8-6-11-20(22)16-17-21-12-7-9-14-23(21)24/h6-9,11-15,25,30H,10,16-19H2,1-5H3. The summed E-state index contributed by atoms with van der Waals surface area (Å²) in [7, 11) is 1.88. The fourth-order valence-corrected chi connectivity index (χ4v) is 5.70. The first-order valence-electron chi connectivity index (χ1n) is 11.8. The van der Waals surface area contributed by atoms with Gasteiger partial charge >= 0.3 is 0 Å². The molecular weight excluding hydrogens is 396 g/mol. The molecule has 4 heteroatoms. The van der Waals surface area contributed by atoms with E-state index < -0.39 is 11.1 Å². The molecule has 1 aliphatic heterocycles. The fourth-order valence-electron chi connectivity index (χ4n) is 5.70. The van der Waals surface area contributed by atoms with E-state index in [4.69, 9.17) is 0 Å². The van der Waals surface area contributed by atoms with Gasteiger partial charge in [-0.15, -0.1) is 0 Å². The van der Waals surface area contributed by atoms with Crippen LogP contribution in [0.4, 0.5) is 0 Å². The van der Waals surface area contributed by atoms with Crippen molar-refractivity contribution in [1.29, 1.82) is 0 Å². The van der Waals surface area contributed by atoms with E-state index in [9.17, 15) is 10.0 Å². The Labute approximate surface area is 192 Å². The Balaban J connectivity index is 1.54. The average molecular weight is 433 g/mol. The van der Waals surface area contributed by atoms with Crippen LogP contribution in [0.3, 0.4) is 0 Å². The number of benzene rings is 2. The number of quaternary nitrogens is 1. The van der Waals surface area contributed by atoms with Crippen LogP contribution in [0.1, 0.15) is 62.8 Å². The van der Waals surface area contributed by atoms with E-state index >= 15 is 0 Å². The summed E-state index contributed by atoms with van der Waals surface area (Å²) in [6.45, 7) is 8.45. The second-order valence-electron chi connectivity index (χ2n) is 10.7. The molecule has 4 rings (SSSR count). The van der Waals surface area contributed by atoms with Gasteiger partial charge in [-0.25, -0.2) is 0 Å². The van der Waals surface area contributed by atoms with Gasteiger partial charge in [-0.3, -0.25) is 4.79 Å². The molecule has 32 heavy (non-hydrogen) atoms. The highest BCUT2D eigenvalue weighted by Gasteiger charge is 2.55. The first-order valence-corrected chi connectivity index (χ1v) is 11.8. The van der Waals surface area contributed by atoms with Gasteiger partial charge in [0.05, 0.1) is 11.5 Å². The largest absolute Gasteiger partial charge is 0.634 e. The second kappa shape index (κ2) is 8.49. The Morgan fingerprint density at radius 3 is 2.06 bits per heavy atom. The fraction of sp³-hybridized carbons (Fsp3) is 0.464. The van der Waals surface area contributed by atoms with Gasteiger partial charge in [0, 0.05) is 20.0 Å². The topological polar surface area (TPSA) is 47.8 Å². The Kier molecular flexibility index (Phi) is 6.04. The van der Waals surface area contributed by atoms with E-state index in [1.165, 1.54) is 27.8 Å². The van der Waals surface area contributed by atoms with Crippen molar-refractivity contribution in [2.24, 2.45) is 5.92 Å². The minimum absolute atomic E-state index is 0.0917. The summed E-state index contributed by atoms with van der Waals surface area (Å²) >= 11 is 0. The van der Waals surface area contributed by atoms with Crippen molar-refractivity contribution in [2.45, 2.75) is 64.5 Å². The predicted octanol–water partition coefficient (Wildman–Crippen LogP) is 4.03. The first kappa shape index (κ1) is 22.8. The molecule has 0 saturated carbocycles. The number of carbonyl (C=O) groups excluding carboxylic acids is 1. The Morgan fingerprint density at radius 2 is 1.56 bits per heavy atom. The SMILES string of the molecule is CN(CCC=C1c2ccccc2CCc2ccccc21)C(=O)C1CC(C)(C)[NH+]([O-])C1(C)C. The number of fused-ring (bicyclic) bond motifs is 2. The molecule has 2 aliphatic rings. The van der Waals surface area contributed by atoms with E-state index in [-0.39, 0.29) is 16.9 Å². The molecule has 0 spiro atoms. The van der Waals surface area contributed by atoms with Crippen molar-refractivity contribution in [2.75, 3.05) is 13.6 Å². The van der Waals surface area contributed by atoms with Gasteiger partial charge in [0.1, 0.15) is 5.54 Å². The van der Waals surface area contributed by atoms with Crippen LogP contribution >= 0.6 is 0 Å². The third-order valence-electron chi connectivity index (χ3n) is 7.55. The molecule has 1 aliphatic carbocycles. The molecule has 1 N–H and O–H groups in total. The zero-order chi connectivity index (χ0) is 23.1. The van der Waals surface area contributed by atoms with Gasteiger partial charge in [-0.1, -0.05) is 54.6 Å². The lowest BCUT2D eigenvalue weighted by Crippen LogP contribution is -3.19. The minimum Gasteiger partial charge on any atom is -0.634 e. The summed E-state index contributed by atoms with van der Waals surface area (Å²) in [5, 5.41) is 13.0. The molecule has 1 saturated heterocycles. The van der Waals surface area contributed by atoms with Crippen molar-refractivity contribution in [3.63, 3.8) is 0 Å². The number of rotatable bonds is 4. The molecule has 1 fully saturated rings. The van der Waals surface area contributed by atoms with Gasteiger partial charge in [-0.05, 0) is 74.8 Å². The van der Waals surface area contributed by atoms with Crippen LogP contribution in [0.15, 0.2) is 54.6 Å². The lowest BCUT2D eigenvalue weighted by Gasteiger charge is -2.41. The predicted molar refractivity (Wildman–Crippen MR) is 130 cm³/mol. The van der Waals surface area contributed by atoms with Crippen molar-refractivity contribution >= 4 is 11.5 Å². The number of hydrogen-bond acceptors (Lipinski definition) is 2. The highest BCUT2D eigenvalue weighted by Crippen LogP contribution is 2.34. The molecule has 4 nitrogen and oxygen atoms in total. The van der Waals surface area contributed by atoms with Crippen molar-refractivity contribution in [3.05, 3.63) is 82.1 Å². The molecular formula is C28H36N2O2. The Morgan fingerprint density at radius 1 is 1.03 bits per heavy atom. The number of hydroxylamine groups is 2. The van der Waals surface area contributed by atoms with Crippen LogP contribution in [0, 0.1) is 11.1 Å². The number of hydrogen-bond donors (Lipinski definition) is 1. The van der Waals surface area contributed by atoms with Crippen molar-refractivity contribution < 1.29 is 9.86 Å². The van der Waals surface area contributed by atoms with Gasteiger partial charge in [0.15, 0.2) is 0 Å². The highest BCUT2D eigenvalue weighted by molar-refractivity contribution is 5.84. The molecule has 2 aromatic carbocycles. The van der Waals surface area contributed by atoms with E-state index in [0.717, 1.165) is 19.3 Å². The van der Waals surface area contributed by atoms with E-state index in [2.05, 4.69) is 54.6 Å². The van der Waals surface area contributed by atoms with E-state index in [1.54, 1.807) is 0 Å². The summed E-state index contributed by atoms with van der Waals surface area (Å²) < 4.78 is 0. The second-order valence-corrected chi connectivity index (χ2v) is 10.7. The molecule has 0 bridgehead atoms. The van der Waals surface area contributed by atoms with Gasteiger partial charge in [0.2, 0.25) is 5.91 Å².